The van der Waals surface area contributed by atoms with Crippen LogP contribution in [0.4, 0.5) is 0 Å². The zero-order valence-electron chi connectivity index (χ0n) is 19.2. The molecule has 0 aromatic heterocycles. The van der Waals surface area contributed by atoms with Gasteiger partial charge in [-0.2, -0.15) is 0 Å². The van der Waals surface area contributed by atoms with Crippen LogP contribution in [0.25, 0.3) is 0 Å². The maximum absolute atomic E-state index is 13.4. The molecule has 1 N–H and O–H groups in total. The third kappa shape index (κ3) is 5.18. The molecule has 34 heavy (non-hydrogen) atoms. The Hall–Kier alpha value is -3.51. The van der Waals surface area contributed by atoms with E-state index in [1.54, 1.807) is 43.4 Å². The Kier molecular flexibility index (Phi) is 7.38. The summed E-state index contributed by atoms with van der Waals surface area (Å²) in [5.74, 6) is 0.340. The van der Waals surface area contributed by atoms with Gasteiger partial charge in [0, 0.05) is 41.7 Å². The molecule has 0 bridgehead atoms. The van der Waals surface area contributed by atoms with Gasteiger partial charge in [0.15, 0.2) is 0 Å². The van der Waals surface area contributed by atoms with Crippen molar-refractivity contribution in [2.24, 2.45) is 5.92 Å². The molecular formula is C27H27ClN2O4. The van der Waals surface area contributed by atoms with Crippen LogP contribution >= 0.6 is 11.6 Å². The number of ether oxygens (including phenoxy) is 2. The molecule has 1 fully saturated rings. The van der Waals surface area contributed by atoms with E-state index in [0.717, 1.165) is 11.1 Å². The molecule has 0 radical (unpaired) electrons. The minimum atomic E-state index is -0.451. The largest absolute Gasteiger partial charge is 0.497 e. The average molecular weight is 479 g/mol. The van der Waals surface area contributed by atoms with Gasteiger partial charge in [-0.05, 0) is 42.0 Å². The molecule has 0 spiro atoms. The summed E-state index contributed by atoms with van der Waals surface area (Å²) in [6, 6.07) is 22.1. The van der Waals surface area contributed by atoms with Crippen molar-refractivity contribution >= 4 is 23.4 Å². The van der Waals surface area contributed by atoms with Gasteiger partial charge in [0.25, 0.3) is 5.91 Å². The van der Waals surface area contributed by atoms with Crippen LogP contribution in [-0.2, 0) is 11.3 Å². The van der Waals surface area contributed by atoms with Crippen LogP contribution in [0, 0.1) is 5.92 Å². The summed E-state index contributed by atoms with van der Waals surface area (Å²) >= 11 is 6.11. The number of hydrogen-bond donors (Lipinski definition) is 1. The maximum atomic E-state index is 13.4. The molecule has 2 amide bonds. The predicted octanol–water partition coefficient (Wildman–Crippen LogP) is 4.53. The molecule has 4 rings (SSSR count). The fourth-order valence-corrected chi connectivity index (χ4v) is 4.59. The lowest BCUT2D eigenvalue weighted by Crippen LogP contribution is -2.35. The molecule has 1 heterocycles. The SMILES string of the molecule is COc1ccc(OC)c([C@@H]2CN(C(=O)c3cccc(Cl)c3)C[C@@H]2C(=O)NCc2ccccc2)c1. The number of nitrogens with one attached hydrogen (secondary N) is 1. The van der Waals surface area contributed by atoms with Crippen LogP contribution in [0.2, 0.25) is 5.02 Å². The molecule has 0 aliphatic carbocycles. The number of rotatable bonds is 7. The van der Waals surface area contributed by atoms with E-state index >= 15 is 0 Å². The number of halogens is 1. The van der Waals surface area contributed by atoms with Crippen LogP contribution in [0.5, 0.6) is 11.5 Å². The Bertz CT molecular complexity index is 1170. The van der Waals surface area contributed by atoms with E-state index in [4.69, 9.17) is 21.1 Å². The van der Waals surface area contributed by atoms with E-state index in [2.05, 4.69) is 5.32 Å². The molecule has 6 nitrogen and oxygen atoms in total. The molecule has 0 unspecified atom stereocenters. The van der Waals surface area contributed by atoms with Crippen molar-refractivity contribution < 1.29 is 19.1 Å². The Balaban J connectivity index is 1.63. The Morgan fingerprint density at radius 2 is 1.76 bits per heavy atom. The van der Waals surface area contributed by atoms with Crippen LogP contribution in [0.1, 0.15) is 27.4 Å². The minimum absolute atomic E-state index is 0.111. The molecule has 0 saturated carbocycles. The van der Waals surface area contributed by atoms with Gasteiger partial charge in [-0.3, -0.25) is 9.59 Å². The van der Waals surface area contributed by atoms with Crippen LogP contribution in [0.3, 0.4) is 0 Å². The second-order valence-corrected chi connectivity index (χ2v) is 8.68. The van der Waals surface area contributed by atoms with E-state index < -0.39 is 5.92 Å². The molecule has 176 valence electrons. The maximum Gasteiger partial charge on any atom is 0.253 e. The van der Waals surface area contributed by atoms with Gasteiger partial charge in [0.1, 0.15) is 11.5 Å². The lowest BCUT2D eigenvalue weighted by Gasteiger charge is -2.21. The number of benzene rings is 3. The predicted molar refractivity (Wildman–Crippen MR) is 131 cm³/mol. The fourth-order valence-electron chi connectivity index (χ4n) is 4.40. The first-order valence-corrected chi connectivity index (χ1v) is 11.5. The highest BCUT2D eigenvalue weighted by Gasteiger charge is 2.42. The highest BCUT2D eigenvalue weighted by molar-refractivity contribution is 6.30. The molecule has 3 aromatic rings. The molecule has 3 aromatic carbocycles. The lowest BCUT2D eigenvalue weighted by atomic mass is 9.87. The second kappa shape index (κ2) is 10.6. The van der Waals surface area contributed by atoms with Gasteiger partial charge in [0.2, 0.25) is 5.91 Å². The molecule has 1 aliphatic heterocycles. The lowest BCUT2D eigenvalue weighted by molar-refractivity contribution is -0.125. The topological polar surface area (TPSA) is 67.9 Å². The first-order chi connectivity index (χ1) is 16.5. The first kappa shape index (κ1) is 23.6. The normalized spacial score (nSPS) is 17.3. The van der Waals surface area contributed by atoms with Crippen molar-refractivity contribution in [1.29, 1.82) is 0 Å². The summed E-state index contributed by atoms with van der Waals surface area (Å²) in [7, 11) is 3.19. The first-order valence-electron chi connectivity index (χ1n) is 11.1. The van der Waals surface area contributed by atoms with E-state index in [9.17, 15) is 9.59 Å². The third-order valence-corrected chi connectivity index (χ3v) is 6.40. The number of carbonyl (C=O) groups excluding carboxylic acids is 2. The number of nitrogens with zero attached hydrogens (tertiary/aromatic N) is 1. The van der Waals surface area contributed by atoms with Crippen LogP contribution in [-0.4, -0.2) is 44.0 Å². The standard InChI is InChI=1S/C27H27ClN2O4/c1-33-21-11-12-25(34-2)22(14-21)23-16-30(27(32)19-9-6-10-20(28)13-19)17-24(23)26(31)29-15-18-7-4-3-5-8-18/h3-14,23-24H,15-17H2,1-2H3,(H,29,31)/t23-,24-/m0/s1. The van der Waals surface area contributed by atoms with Crippen molar-refractivity contribution in [3.05, 3.63) is 94.5 Å². The minimum Gasteiger partial charge on any atom is -0.497 e. The molecule has 1 aliphatic rings. The van der Waals surface area contributed by atoms with Crippen LogP contribution < -0.4 is 14.8 Å². The van der Waals surface area contributed by atoms with Crippen molar-refractivity contribution in [3.63, 3.8) is 0 Å². The number of methoxy groups -OCH3 is 2. The number of carbonyl (C=O) groups is 2. The molecule has 1 saturated heterocycles. The monoisotopic (exact) mass is 478 g/mol. The summed E-state index contributed by atoms with van der Waals surface area (Å²) in [5.41, 5.74) is 2.34. The highest BCUT2D eigenvalue weighted by atomic mass is 35.5. The summed E-state index contributed by atoms with van der Waals surface area (Å²) in [5, 5.41) is 3.54. The van der Waals surface area contributed by atoms with Crippen molar-refractivity contribution in [2.75, 3.05) is 27.3 Å². The van der Waals surface area contributed by atoms with Crippen LogP contribution in [0.15, 0.2) is 72.8 Å². The fraction of sp³-hybridized carbons (Fsp3) is 0.259. The van der Waals surface area contributed by atoms with Gasteiger partial charge in [0.05, 0.1) is 20.1 Å². The summed E-state index contributed by atoms with van der Waals surface area (Å²) in [6.07, 6.45) is 0. The Morgan fingerprint density at radius 1 is 0.971 bits per heavy atom. The third-order valence-electron chi connectivity index (χ3n) is 6.16. The zero-order chi connectivity index (χ0) is 24.1. The van der Waals surface area contributed by atoms with Crippen molar-refractivity contribution in [2.45, 2.75) is 12.5 Å². The van der Waals surface area contributed by atoms with E-state index in [1.165, 1.54) is 0 Å². The quantitative estimate of drug-likeness (QED) is 0.541. The van der Waals surface area contributed by atoms with Gasteiger partial charge in [-0.25, -0.2) is 0 Å². The Morgan fingerprint density at radius 3 is 2.47 bits per heavy atom. The number of amides is 2. The van der Waals surface area contributed by atoms with Gasteiger partial charge in [-0.1, -0.05) is 48.0 Å². The zero-order valence-corrected chi connectivity index (χ0v) is 19.9. The van der Waals surface area contributed by atoms with Gasteiger partial charge < -0.3 is 19.7 Å². The van der Waals surface area contributed by atoms with Gasteiger partial charge >= 0.3 is 0 Å². The average Bonchev–Trinajstić information content (AvgIpc) is 3.32. The van der Waals surface area contributed by atoms with Crippen molar-refractivity contribution in [3.8, 4) is 11.5 Å². The summed E-state index contributed by atoms with van der Waals surface area (Å²) < 4.78 is 11.0. The number of likely N-dealkylation sites (tertiary alicyclic amines) is 1. The molecular weight excluding hydrogens is 452 g/mol. The Labute approximate surface area is 204 Å². The second-order valence-electron chi connectivity index (χ2n) is 8.24. The molecule has 2 atom stereocenters. The van der Waals surface area contributed by atoms with E-state index in [0.29, 0.717) is 35.2 Å². The summed E-state index contributed by atoms with van der Waals surface area (Å²) in [4.78, 5) is 28.4. The van der Waals surface area contributed by atoms with E-state index in [1.807, 2.05) is 48.5 Å². The number of hydrogen-bond acceptors (Lipinski definition) is 4. The highest BCUT2D eigenvalue weighted by Crippen LogP contribution is 2.40. The summed E-state index contributed by atoms with van der Waals surface area (Å²) in [6.45, 7) is 1.08. The van der Waals surface area contributed by atoms with Crippen molar-refractivity contribution in [1.82, 2.24) is 10.2 Å². The molecule has 7 heteroatoms. The van der Waals surface area contributed by atoms with Gasteiger partial charge in [-0.15, -0.1) is 0 Å². The smallest absolute Gasteiger partial charge is 0.253 e. The van der Waals surface area contributed by atoms with E-state index in [-0.39, 0.29) is 24.3 Å².